The van der Waals surface area contributed by atoms with Gasteiger partial charge in [-0.05, 0) is 66.8 Å². The molecule has 3 heteroatoms. The van der Waals surface area contributed by atoms with Gasteiger partial charge in [-0.1, -0.05) is 65.3 Å². The third-order valence-electron chi connectivity index (χ3n) is 5.19. The molecule has 1 unspecified atom stereocenters. The Balaban J connectivity index is 1.85. The number of hydrogen-bond acceptors (Lipinski definition) is 2. The second-order valence-electron chi connectivity index (χ2n) is 7.23. The number of Topliss-reactive ketones (excluding diaryl/α,β-unsaturated/α-hetero) is 1. The van der Waals surface area contributed by atoms with E-state index in [2.05, 4.69) is 72.3 Å². The molecule has 0 saturated carbocycles. The SMILES string of the molecule is CCc1ccc(C(=O)CC(Nc2ccc(C)c(C)c2)c2ccc(Br)cc2)cc1. The van der Waals surface area contributed by atoms with Gasteiger partial charge in [0.1, 0.15) is 0 Å². The van der Waals surface area contributed by atoms with E-state index in [0.717, 1.165) is 27.7 Å². The molecule has 3 aromatic carbocycles. The monoisotopic (exact) mass is 435 g/mol. The van der Waals surface area contributed by atoms with E-state index in [1.165, 1.54) is 16.7 Å². The highest BCUT2D eigenvalue weighted by Crippen LogP contribution is 2.27. The minimum absolute atomic E-state index is 0.0893. The van der Waals surface area contributed by atoms with Crippen molar-refractivity contribution in [2.24, 2.45) is 0 Å². The summed E-state index contributed by atoms with van der Waals surface area (Å²) >= 11 is 3.49. The van der Waals surface area contributed by atoms with Gasteiger partial charge in [0.25, 0.3) is 0 Å². The predicted molar refractivity (Wildman–Crippen MR) is 121 cm³/mol. The van der Waals surface area contributed by atoms with Crippen LogP contribution < -0.4 is 5.32 Å². The number of ketones is 1. The summed E-state index contributed by atoms with van der Waals surface area (Å²) in [5, 5.41) is 3.57. The lowest BCUT2D eigenvalue weighted by Gasteiger charge is -2.21. The van der Waals surface area contributed by atoms with Crippen molar-refractivity contribution in [3.8, 4) is 0 Å². The number of aryl methyl sites for hydroxylation is 3. The van der Waals surface area contributed by atoms with Crippen LogP contribution in [0.4, 0.5) is 5.69 Å². The molecule has 0 radical (unpaired) electrons. The molecule has 3 rings (SSSR count). The Kier molecular flexibility index (Phi) is 6.69. The van der Waals surface area contributed by atoms with Crippen LogP contribution in [0.1, 0.15) is 52.0 Å². The highest BCUT2D eigenvalue weighted by atomic mass is 79.9. The molecule has 0 aliphatic rings. The molecule has 3 aromatic rings. The van der Waals surface area contributed by atoms with Gasteiger partial charge in [0, 0.05) is 22.1 Å². The molecule has 0 amide bonds. The average Bonchev–Trinajstić information content (AvgIpc) is 2.71. The topological polar surface area (TPSA) is 29.1 Å². The van der Waals surface area contributed by atoms with Crippen molar-refractivity contribution >= 4 is 27.4 Å². The quantitative estimate of drug-likeness (QED) is 0.402. The van der Waals surface area contributed by atoms with Gasteiger partial charge in [-0.2, -0.15) is 0 Å². The summed E-state index contributed by atoms with van der Waals surface area (Å²) in [6, 6.07) is 22.4. The van der Waals surface area contributed by atoms with E-state index in [0.29, 0.717) is 6.42 Å². The second-order valence-corrected chi connectivity index (χ2v) is 8.14. The number of hydrogen-bond donors (Lipinski definition) is 1. The molecule has 1 atom stereocenters. The summed E-state index contributed by atoms with van der Waals surface area (Å²) in [5.41, 5.74) is 6.64. The minimum atomic E-state index is -0.0893. The van der Waals surface area contributed by atoms with E-state index < -0.39 is 0 Å². The number of benzene rings is 3. The van der Waals surface area contributed by atoms with Gasteiger partial charge in [0.2, 0.25) is 0 Å². The molecule has 0 aliphatic heterocycles. The maximum absolute atomic E-state index is 13.0. The molecule has 0 fully saturated rings. The minimum Gasteiger partial charge on any atom is -0.378 e. The van der Waals surface area contributed by atoms with Crippen molar-refractivity contribution in [3.63, 3.8) is 0 Å². The number of rotatable bonds is 7. The van der Waals surface area contributed by atoms with Crippen LogP contribution in [0.5, 0.6) is 0 Å². The van der Waals surface area contributed by atoms with Crippen LogP contribution in [0.15, 0.2) is 71.2 Å². The second kappa shape index (κ2) is 9.20. The zero-order chi connectivity index (χ0) is 20.1. The van der Waals surface area contributed by atoms with Crippen molar-refractivity contribution in [1.29, 1.82) is 0 Å². The number of anilines is 1. The van der Waals surface area contributed by atoms with Crippen LogP contribution in [0.2, 0.25) is 0 Å². The molecular formula is C25H26BrNO. The number of halogens is 1. The highest BCUT2D eigenvalue weighted by molar-refractivity contribution is 9.10. The Morgan fingerprint density at radius 3 is 2.21 bits per heavy atom. The summed E-state index contributed by atoms with van der Waals surface area (Å²) in [7, 11) is 0. The zero-order valence-corrected chi connectivity index (χ0v) is 18.2. The van der Waals surface area contributed by atoms with E-state index in [-0.39, 0.29) is 11.8 Å². The van der Waals surface area contributed by atoms with Crippen molar-refractivity contribution in [2.75, 3.05) is 5.32 Å². The van der Waals surface area contributed by atoms with Gasteiger partial charge in [0.05, 0.1) is 6.04 Å². The predicted octanol–water partition coefficient (Wildman–Crippen LogP) is 7.05. The molecule has 1 N–H and O–H groups in total. The largest absolute Gasteiger partial charge is 0.378 e. The Bertz CT molecular complexity index is 945. The standard InChI is InChI=1S/C25H26BrNO/c1-4-19-6-8-21(9-7-19)25(28)16-24(20-10-12-22(26)13-11-20)27-23-14-5-17(2)18(3)15-23/h5-15,24,27H,4,16H2,1-3H3. The number of nitrogens with one attached hydrogen (secondary N) is 1. The summed E-state index contributed by atoms with van der Waals surface area (Å²) in [6.45, 7) is 6.33. The Morgan fingerprint density at radius 1 is 0.929 bits per heavy atom. The van der Waals surface area contributed by atoms with Crippen LogP contribution in [-0.4, -0.2) is 5.78 Å². The fourth-order valence-electron chi connectivity index (χ4n) is 3.21. The smallest absolute Gasteiger partial charge is 0.165 e. The summed E-state index contributed by atoms with van der Waals surface area (Å²) in [5.74, 6) is 0.145. The molecule has 0 bridgehead atoms. The molecule has 0 aromatic heterocycles. The summed E-state index contributed by atoms with van der Waals surface area (Å²) in [6.07, 6.45) is 1.38. The molecule has 2 nitrogen and oxygen atoms in total. The summed E-state index contributed by atoms with van der Waals surface area (Å²) < 4.78 is 1.03. The van der Waals surface area contributed by atoms with Crippen LogP contribution >= 0.6 is 15.9 Å². The first-order valence-corrected chi connectivity index (χ1v) is 10.5. The number of carbonyl (C=O) groups excluding carboxylic acids is 1. The number of carbonyl (C=O) groups is 1. The van der Waals surface area contributed by atoms with Gasteiger partial charge in [-0.25, -0.2) is 0 Å². The molecular weight excluding hydrogens is 410 g/mol. The van der Waals surface area contributed by atoms with E-state index in [4.69, 9.17) is 0 Å². The lowest BCUT2D eigenvalue weighted by molar-refractivity contribution is 0.0976. The third-order valence-corrected chi connectivity index (χ3v) is 5.72. The summed E-state index contributed by atoms with van der Waals surface area (Å²) in [4.78, 5) is 13.0. The van der Waals surface area contributed by atoms with Crippen LogP contribution in [0.25, 0.3) is 0 Å². The van der Waals surface area contributed by atoms with Crippen molar-refractivity contribution in [3.05, 3.63) is 99.0 Å². The molecule has 0 heterocycles. The van der Waals surface area contributed by atoms with Gasteiger partial charge in [-0.3, -0.25) is 4.79 Å². The third kappa shape index (κ3) is 5.11. The first-order chi connectivity index (χ1) is 13.5. The van der Waals surface area contributed by atoms with Crippen molar-refractivity contribution in [1.82, 2.24) is 0 Å². The van der Waals surface area contributed by atoms with Gasteiger partial charge in [-0.15, -0.1) is 0 Å². The molecule has 28 heavy (non-hydrogen) atoms. The molecule has 0 saturated heterocycles. The van der Waals surface area contributed by atoms with Crippen LogP contribution in [0.3, 0.4) is 0 Å². The van der Waals surface area contributed by atoms with E-state index in [1.54, 1.807) is 0 Å². The van der Waals surface area contributed by atoms with E-state index >= 15 is 0 Å². The fraction of sp³-hybridized carbons (Fsp3) is 0.240. The van der Waals surface area contributed by atoms with E-state index in [1.807, 2.05) is 36.4 Å². The Hall–Kier alpha value is -2.39. The van der Waals surface area contributed by atoms with Crippen LogP contribution in [0, 0.1) is 13.8 Å². The first-order valence-electron chi connectivity index (χ1n) is 9.67. The normalized spacial score (nSPS) is 11.9. The Labute approximate surface area is 176 Å². The van der Waals surface area contributed by atoms with Crippen molar-refractivity contribution < 1.29 is 4.79 Å². The fourth-order valence-corrected chi connectivity index (χ4v) is 3.47. The van der Waals surface area contributed by atoms with Gasteiger partial charge >= 0.3 is 0 Å². The zero-order valence-electron chi connectivity index (χ0n) is 16.6. The molecule has 0 aliphatic carbocycles. The average molecular weight is 436 g/mol. The molecule has 0 spiro atoms. The van der Waals surface area contributed by atoms with Crippen molar-refractivity contribution in [2.45, 2.75) is 39.7 Å². The first kappa shape index (κ1) is 20.3. The van der Waals surface area contributed by atoms with E-state index in [9.17, 15) is 4.79 Å². The Morgan fingerprint density at radius 2 is 1.61 bits per heavy atom. The van der Waals surface area contributed by atoms with Gasteiger partial charge in [0.15, 0.2) is 5.78 Å². The molecule has 144 valence electrons. The van der Waals surface area contributed by atoms with Crippen LogP contribution in [-0.2, 0) is 6.42 Å². The highest BCUT2D eigenvalue weighted by Gasteiger charge is 2.18. The lowest BCUT2D eigenvalue weighted by Crippen LogP contribution is -2.16. The maximum Gasteiger partial charge on any atom is 0.165 e. The van der Waals surface area contributed by atoms with Gasteiger partial charge < -0.3 is 5.32 Å². The maximum atomic E-state index is 13.0. The lowest BCUT2D eigenvalue weighted by atomic mass is 9.96.